The highest BCUT2D eigenvalue weighted by atomic mass is 16.6. The number of carbonyl (C=O) groups is 3. The Morgan fingerprint density at radius 2 is 1.96 bits per heavy atom. The third-order valence-corrected chi connectivity index (χ3v) is 4.41. The van der Waals surface area contributed by atoms with E-state index in [2.05, 4.69) is 10.3 Å². The molecule has 2 amide bonds. The molecular formula is C20H21N3O4. The maximum absolute atomic E-state index is 12.8. The summed E-state index contributed by atoms with van der Waals surface area (Å²) in [5.74, 6) is -1.04. The van der Waals surface area contributed by atoms with Crippen LogP contribution in [0.15, 0.2) is 48.8 Å². The van der Waals surface area contributed by atoms with Crippen molar-refractivity contribution in [2.24, 2.45) is 0 Å². The lowest BCUT2D eigenvalue weighted by atomic mass is 10.0. The molecule has 1 saturated heterocycles. The quantitative estimate of drug-likeness (QED) is 0.839. The summed E-state index contributed by atoms with van der Waals surface area (Å²) in [7, 11) is 1.58. The number of carbonyl (C=O) groups excluding carboxylic acids is 3. The highest BCUT2D eigenvalue weighted by Gasteiger charge is 2.43. The van der Waals surface area contributed by atoms with Crippen LogP contribution in [-0.2, 0) is 9.53 Å². The van der Waals surface area contributed by atoms with Gasteiger partial charge in [0.1, 0.15) is 11.6 Å². The van der Waals surface area contributed by atoms with E-state index in [1.165, 1.54) is 11.1 Å². The van der Waals surface area contributed by atoms with Gasteiger partial charge in [-0.3, -0.25) is 14.6 Å². The molecule has 0 unspecified atom stereocenters. The van der Waals surface area contributed by atoms with Crippen LogP contribution in [0.2, 0.25) is 0 Å². The summed E-state index contributed by atoms with van der Waals surface area (Å²) in [6.45, 7) is 3.63. The van der Waals surface area contributed by atoms with Gasteiger partial charge in [-0.25, -0.2) is 4.79 Å². The number of anilines is 1. The number of benzene rings is 1. The van der Waals surface area contributed by atoms with E-state index >= 15 is 0 Å². The first-order valence-corrected chi connectivity index (χ1v) is 8.58. The number of nitrogens with one attached hydrogen (secondary N) is 1. The largest absolute Gasteiger partial charge is 0.458 e. The minimum absolute atomic E-state index is 0.313. The van der Waals surface area contributed by atoms with Gasteiger partial charge < -0.3 is 15.0 Å². The Bertz CT molecular complexity index is 880. The predicted molar refractivity (Wildman–Crippen MR) is 99.3 cm³/mol. The lowest BCUT2D eigenvalue weighted by Gasteiger charge is -2.22. The van der Waals surface area contributed by atoms with Crippen molar-refractivity contribution in [2.45, 2.75) is 31.9 Å². The van der Waals surface area contributed by atoms with E-state index in [1.54, 1.807) is 49.6 Å². The van der Waals surface area contributed by atoms with Gasteiger partial charge in [0.05, 0.1) is 5.56 Å². The maximum atomic E-state index is 12.8. The van der Waals surface area contributed by atoms with Gasteiger partial charge in [-0.2, -0.15) is 0 Å². The number of ether oxygens (including phenoxy) is 1. The molecule has 0 aliphatic carbocycles. The Kier molecular flexibility index (Phi) is 4.94. The summed E-state index contributed by atoms with van der Waals surface area (Å²) >= 11 is 0. The first-order chi connectivity index (χ1) is 12.8. The standard InChI is InChI=1S/C20H21N3O4/c1-20(2)11-16(19(26)27-20)23(3)18(25)13-6-4-8-15(10-13)22-17(24)14-7-5-9-21-12-14/h4-10,12,16H,11H2,1-3H3,(H,22,24)/t16-/m0/s1. The molecule has 0 radical (unpaired) electrons. The van der Waals surface area contributed by atoms with Crippen molar-refractivity contribution < 1.29 is 19.1 Å². The number of amides is 2. The van der Waals surface area contributed by atoms with Gasteiger partial charge in [-0.05, 0) is 44.2 Å². The molecule has 0 saturated carbocycles. The Morgan fingerprint density at radius 1 is 1.22 bits per heavy atom. The monoisotopic (exact) mass is 367 g/mol. The Hall–Kier alpha value is -3.22. The normalized spacial score (nSPS) is 17.9. The lowest BCUT2D eigenvalue weighted by Crippen LogP contribution is -2.40. The van der Waals surface area contributed by atoms with Crippen molar-refractivity contribution >= 4 is 23.5 Å². The van der Waals surface area contributed by atoms with Gasteiger partial charge in [-0.15, -0.1) is 0 Å². The van der Waals surface area contributed by atoms with E-state index < -0.39 is 17.6 Å². The van der Waals surface area contributed by atoms with Crippen LogP contribution in [0.4, 0.5) is 5.69 Å². The molecule has 3 rings (SSSR count). The van der Waals surface area contributed by atoms with Crippen molar-refractivity contribution in [1.29, 1.82) is 0 Å². The van der Waals surface area contributed by atoms with Crippen molar-refractivity contribution in [3.05, 3.63) is 59.9 Å². The minimum Gasteiger partial charge on any atom is -0.458 e. The molecule has 0 bridgehead atoms. The van der Waals surface area contributed by atoms with E-state index in [-0.39, 0.29) is 11.8 Å². The first-order valence-electron chi connectivity index (χ1n) is 8.58. The highest BCUT2D eigenvalue weighted by Crippen LogP contribution is 2.29. The molecule has 27 heavy (non-hydrogen) atoms. The van der Waals surface area contributed by atoms with Gasteiger partial charge in [-0.1, -0.05) is 6.07 Å². The zero-order valence-corrected chi connectivity index (χ0v) is 15.4. The van der Waals surface area contributed by atoms with Gasteiger partial charge in [0.15, 0.2) is 0 Å². The number of hydrogen-bond acceptors (Lipinski definition) is 5. The molecule has 140 valence electrons. The van der Waals surface area contributed by atoms with E-state index in [1.807, 2.05) is 13.8 Å². The fourth-order valence-corrected chi connectivity index (χ4v) is 3.00. The van der Waals surface area contributed by atoms with Crippen molar-refractivity contribution in [3.8, 4) is 0 Å². The summed E-state index contributed by atoms with van der Waals surface area (Å²) in [6.07, 6.45) is 3.48. The molecule has 1 aromatic heterocycles. The second-order valence-corrected chi connectivity index (χ2v) is 7.09. The molecule has 1 N–H and O–H groups in total. The number of cyclic esters (lactones) is 1. The van der Waals surface area contributed by atoms with Gasteiger partial charge in [0.2, 0.25) is 0 Å². The molecule has 1 aliphatic rings. The molecule has 1 aromatic carbocycles. The van der Waals surface area contributed by atoms with Crippen LogP contribution in [0.3, 0.4) is 0 Å². The first kappa shape index (κ1) is 18.6. The molecular weight excluding hydrogens is 346 g/mol. The van der Waals surface area contributed by atoms with E-state index in [0.717, 1.165) is 0 Å². The lowest BCUT2D eigenvalue weighted by molar-refractivity contribution is -0.148. The number of likely N-dealkylation sites (N-methyl/N-ethyl adjacent to an activating group) is 1. The Morgan fingerprint density at radius 3 is 2.59 bits per heavy atom. The van der Waals surface area contributed by atoms with E-state index in [4.69, 9.17) is 4.74 Å². The van der Waals surface area contributed by atoms with Crippen LogP contribution in [0.25, 0.3) is 0 Å². The third kappa shape index (κ3) is 4.13. The molecule has 1 atom stereocenters. The molecule has 7 nitrogen and oxygen atoms in total. The Labute approximate surface area is 157 Å². The third-order valence-electron chi connectivity index (χ3n) is 4.41. The highest BCUT2D eigenvalue weighted by molar-refractivity contribution is 6.05. The summed E-state index contributed by atoms with van der Waals surface area (Å²) in [4.78, 5) is 42.4. The number of aromatic nitrogens is 1. The van der Waals surface area contributed by atoms with Gasteiger partial charge in [0, 0.05) is 37.1 Å². The fourth-order valence-electron chi connectivity index (χ4n) is 3.00. The summed E-state index contributed by atoms with van der Waals surface area (Å²) < 4.78 is 5.30. The Balaban J connectivity index is 1.74. The average molecular weight is 367 g/mol. The van der Waals surface area contributed by atoms with Crippen LogP contribution in [-0.4, -0.2) is 46.4 Å². The second kappa shape index (κ2) is 7.19. The van der Waals surface area contributed by atoms with E-state index in [9.17, 15) is 14.4 Å². The predicted octanol–water partition coefficient (Wildman–Crippen LogP) is 2.50. The summed E-state index contributed by atoms with van der Waals surface area (Å²) in [5, 5.41) is 2.74. The number of pyridine rings is 1. The topological polar surface area (TPSA) is 88.6 Å². The van der Waals surface area contributed by atoms with Crippen LogP contribution >= 0.6 is 0 Å². The molecule has 2 aromatic rings. The maximum Gasteiger partial charge on any atom is 0.329 e. The zero-order chi connectivity index (χ0) is 19.6. The fraction of sp³-hybridized carbons (Fsp3) is 0.300. The number of esters is 1. The van der Waals surface area contributed by atoms with E-state index in [0.29, 0.717) is 23.2 Å². The van der Waals surface area contributed by atoms with Crippen molar-refractivity contribution in [1.82, 2.24) is 9.88 Å². The van der Waals surface area contributed by atoms with Crippen LogP contribution in [0.1, 0.15) is 41.0 Å². The molecule has 7 heteroatoms. The number of nitrogens with zero attached hydrogens (tertiary/aromatic N) is 2. The summed E-state index contributed by atoms with van der Waals surface area (Å²) in [6, 6.07) is 9.29. The smallest absolute Gasteiger partial charge is 0.329 e. The molecule has 0 spiro atoms. The summed E-state index contributed by atoms with van der Waals surface area (Å²) in [5.41, 5.74) is 0.689. The number of hydrogen-bond donors (Lipinski definition) is 1. The second-order valence-electron chi connectivity index (χ2n) is 7.09. The zero-order valence-electron chi connectivity index (χ0n) is 15.4. The van der Waals surface area contributed by atoms with Crippen molar-refractivity contribution in [2.75, 3.05) is 12.4 Å². The molecule has 2 heterocycles. The van der Waals surface area contributed by atoms with Crippen LogP contribution < -0.4 is 5.32 Å². The van der Waals surface area contributed by atoms with Crippen LogP contribution in [0.5, 0.6) is 0 Å². The van der Waals surface area contributed by atoms with Crippen molar-refractivity contribution in [3.63, 3.8) is 0 Å². The molecule has 1 aliphatic heterocycles. The average Bonchev–Trinajstić information content (AvgIpc) is 2.93. The molecule has 1 fully saturated rings. The number of rotatable bonds is 4. The minimum atomic E-state index is -0.624. The van der Waals surface area contributed by atoms with Gasteiger partial charge >= 0.3 is 5.97 Å². The van der Waals surface area contributed by atoms with Gasteiger partial charge in [0.25, 0.3) is 11.8 Å². The van der Waals surface area contributed by atoms with Crippen LogP contribution in [0, 0.1) is 0 Å². The SMILES string of the molecule is CN(C(=O)c1cccc(NC(=O)c2cccnc2)c1)[C@H]1CC(C)(C)OC1=O.